The van der Waals surface area contributed by atoms with E-state index in [9.17, 15) is 4.79 Å². The molecule has 1 aliphatic rings. The second-order valence-corrected chi connectivity index (χ2v) is 5.05. The summed E-state index contributed by atoms with van der Waals surface area (Å²) in [5.41, 5.74) is 2.44. The second-order valence-electron chi connectivity index (χ2n) is 5.05. The number of pyridine rings is 1. The molecule has 1 saturated heterocycles. The zero-order valence-electron chi connectivity index (χ0n) is 11.4. The van der Waals surface area contributed by atoms with Gasteiger partial charge in [0.25, 0.3) is 5.56 Å². The second kappa shape index (κ2) is 5.54. The molecular weight excluding hydrogens is 254 g/mol. The predicted octanol–water partition coefficient (Wildman–Crippen LogP) is 2.03. The van der Waals surface area contributed by atoms with Gasteiger partial charge in [-0.15, -0.1) is 0 Å². The Morgan fingerprint density at radius 3 is 2.65 bits per heavy atom. The quantitative estimate of drug-likeness (QED) is 0.907. The minimum Gasteiger partial charge on any atom is -0.381 e. The van der Waals surface area contributed by atoms with Crippen molar-refractivity contribution in [2.75, 3.05) is 13.2 Å². The molecule has 0 amide bonds. The molecule has 1 N–H and O–H groups in total. The molecule has 0 atom stereocenters. The van der Waals surface area contributed by atoms with Crippen LogP contribution in [0.3, 0.4) is 0 Å². The maximum atomic E-state index is 12.1. The highest BCUT2D eigenvalue weighted by atomic mass is 16.5. The fourth-order valence-electron chi connectivity index (χ4n) is 2.56. The lowest BCUT2D eigenvalue weighted by molar-refractivity contribution is 0.0843. The van der Waals surface area contributed by atoms with Crippen molar-refractivity contribution in [3.8, 4) is 11.4 Å². The number of hydrogen-bond donors (Lipinski definition) is 1. The Morgan fingerprint density at radius 2 is 1.95 bits per heavy atom. The van der Waals surface area contributed by atoms with Crippen LogP contribution < -0.4 is 5.56 Å². The molecule has 2 aromatic rings. The standard InChI is InChI=1S/C15H17N3O2/c1-10-13(11-4-8-20-9-5-11)17-14(18-15(10)19)12-2-6-16-7-3-12/h2-3,6-7,11H,4-5,8-9H2,1H3,(H,17,18,19). The highest BCUT2D eigenvalue weighted by Crippen LogP contribution is 2.27. The Bertz CT molecular complexity index is 646. The third-order valence-corrected chi connectivity index (χ3v) is 3.75. The van der Waals surface area contributed by atoms with E-state index >= 15 is 0 Å². The van der Waals surface area contributed by atoms with Crippen LogP contribution in [0.2, 0.25) is 0 Å². The Hall–Kier alpha value is -2.01. The third kappa shape index (κ3) is 2.49. The van der Waals surface area contributed by atoms with Crippen molar-refractivity contribution in [2.24, 2.45) is 0 Å². The minimum absolute atomic E-state index is 0.0618. The molecule has 0 unspecified atom stereocenters. The summed E-state index contributed by atoms with van der Waals surface area (Å²) in [6.45, 7) is 3.32. The van der Waals surface area contributed by atoms with Gasteiger partial charge >= 0.3 is 0 Å². The number of aromatic nitrogens is 3. The molecule has 2 aromatic heterocycles. The van der Waals surface area contributed by atoms with Crippen molar-refractivity contribution in [2.45, 2.75) is 25.7 Å². The number of hydrogen-bond acceptors (Lipinski definition) is 4. The molecule has 1 aliphatic heterocycles. The van der Waals surface area contributed by atoms with Gasteiger partial charge in [0.1, 0.15) is 5.82 Å². The van der Waals surface area contributed by atoms with Crippen LogP contribution in [0, 0.1) is 6.92 Å². The topological polar surface area (TPSA) is 67.9 Å². The van der Waals surface area contributed by atoms with Gasteiger partial charge in [-0.3, -0.25) is 9.78 Å². The maximum Gasteiger partial charge on any atom is 0.254 e. The van der Waals surface area contributed by atoms with Gasteiger partial charge in [-0.1, -0.05) is 0 Å². The summed E-state index contributed by atoms with van der Waals surface area (Å²) in [6, 6.07) is 3.70. The van der Waals surface area contributed by atoms with Crippen LogP contribution in [0.4, 0.5) is 0 Å². The molecule has 3 rings (SSSR count). The van der Waals surface area contributed by atoms with Crippen LogP contribution in [0.25, 0.3) is 11.4 Å². The number of ether oxygens (including phenoxy) is 1. The summed E-state index contributed by atoms with van der Waals surface area (Å²) in [5, 5.41) is 0. The summed E-state index contributed by atoms with van der Waals surface area (Å²) in [7, 11) is 0. The Labute approximate surface area is 117 Å². The molecule has 0 radical (unpaired) electrons. The average Bonchev–Trinajstić information content (AvgIpc) is 2.51. The Kier molecular flexibility index (Phi) is 3.60. The fourth-order valence-corrected chi connectivity index (χ4v) is 2.56. The molecule has 0 spiro atoms. The molecule has 5 heteroatoms. The average molecular weight is 271 g/mol. The number of H-pyrrole nitrogens is 1. The summed E-state index contributed by atoms with van der Waals surface area (Å²) in [5.74, 6) is 0.927. The first kappa shape index (κ1) is 13.0. The first-order valence-electron chi connectivity index (χ1n) is 6.84. The molecule has 1 fully saturated rings. The van der Waals surface area contributed by atoms with E-state index < -0.39 is 0 Å². The van der Waals surface area contributed by atoms with Gasteiger partial charge < -0.3 is 9.72 Å². The van der Waals surface area contributed by atoms with Gasteiger partial charge in [0, 0.05) is 42.7 Å². The van der Waals surface area contributed by atoms with Crippen LogP contribution in [0.1, 0.15) is 30.0 Å². The lowest BCUT2D eigenvalue weighted by Crippen LogP contribution is -2.22. The van der Waals surface area contributed by atoms with Crippen molar-refractivity contribution in [1.29, 1.82) is 0 Å². The minimum atomic E-state index is -0.0618. The van der Waals surface area contributed by atoms with E-state index in [1.807, 2.05) is 19.1 Å². The molecular formula is C15H17N3O2. The van der Waals surface area contributed by atoms with Crippen molar-refractivity contribution < 1.29 is 4.74 Å². The molecule has 0 aliphatic carbocycles. The van der Waals surface area contributed by atoms with Crippen LogP contribution >= 0.6 is 0 Å². The highest BCUT2D eigenvalue weighted by molar-refractivity contribution is 5.54. The molecule has 20 heavy (non-hydrogen) atoms. The van der Waals surface area contributed by atoms with Crippen LogP contribution in [0.15, 0.2) is 29.3 Å². The monoisotopic (exact) mass is 271 g/mol. The van der Waals surface area contributed by atoms with Crippen molar-refractivity contribution in [3.63, 3.8) is 0 Å². The van der Waals surface area contributed by atoms with E-state index in [1.165, 1.54) is 0 Å². The van der Waals surface area contributed by atoms with E-state index in [-0.39, 0.29) is 5.56 Å². The predicted molar refractivity (Wildman–Crippen MR) is 75.6 cm³/mol. The number of aromatic amines is 1. The van der Waals surface area contributed by atoms with Crippen LogP contribution in [0.5, 0.6) is 0 Å². The summed E-state index contributed by atoms with van der Waals surface area (Å²) < 4.78 is 5.38. The van der Waals surface area contributed by atoms with Gasteiger partial charge in [0.2, 0.25) is 0 Å². The van der Waals surface area contributed by atoms with E-state index in [4.69, 9.17) is 4.74 Å². The summed E-state index contributed by atoms with van der Waals surface area (Å²) >= 11 is 0. The van der Waals surface area contributed by atoms with Crippen LogP contribution in [-0.2, 0) is 4.74 Å². The van der Waals surface area contributed by atoms with Crippen molar-refractivity contribution in [3.05, 3.63) is 46.1 Å². The zero-order chi connectivity index (χ0) is 13.9. The third-order valence-electron chi connectivity index (χ3n) is 3.75. The molecule has 0 saturated carbocycles. The fraction of sp³-hybridized carbons (Fsp3) is 0.400. The van der Waals surface area contributed by atoms with E-state index in [1.54, 1.807) is 12.4 Å². The SMILES string of the molecule is Cc1c(C2CCOCC2)nc(-c2ccncc2)[nH]c1=O. The summed E-state index contributed by atoms with van der Waals surface area (Å²) in [4.78, 5) is 23.7. The Balaban J connectivity index is 2.06. The van der Waals surface area contributed by atoms with Gasteiger partial charge in [-0.25, -0.2) is 4.98 Å². The number of nitrogens with zero attached hydrogens (tertiary/aromatic N) is 2. The normalized spacial score (nSPS) is 16.2. The largest absolute Gasteiger partial charge is 0.381 e. The zero-order valence-corrected chi connectivity index (χ0v) is 11.4. The lowest BCUT2D eigenvalue weighted by atomic mass is 9.93. The van der Waals surface area contributed by atoms with Crippen molar-refractivity contribution in [1.82, 2.24) is 15.0 Å². The molecule has 0 aromatic carbocycles. The van der Waals surface area contributed by atoms with Crippen molar-refractivity contribution >= 4 is 0 Å². The Morgan fingerprint density at radius 1 is 1.25 bits per heavy atom. The molecule has 0 bridgehead atoms. The lowest BCUT2D eigenvalue weighted by Gasteiger charge is -2.23. The van der Waals surface area contributed by atoms with Gasteiger partial charge in [-0.2, -0.15) is 0 Å². The first-order valence-corrected chi connectivity index (χ1v) is 6.84. The molecule has 5 nitrogen and oxygen atoms in total. The smallest absolute Gasteiger partial charge is 0.254 e. The first-order chi connectivity index (χ1) is 9.75. The molecule has 104 valence electrons. The van der Waals surface area contributed by atoms with Gasteiger partial charge in [-0.05, 0) is 31.9 Å². The highest BCUT2D eigenvalue weighted by Gasteiger charge is 2.21. The van der Waals surface area contributed by atoms with E-state index in [0.29, 0.717) is 11.7 Å². The van der Waals surface area contributed by atoms with E-state index in [2.05, 4.69) is 15.0 Å². The van der Waals surface area contributed by atoms with Crippen LogP contribution in [-0.4, -0.2) is 28.2 Å². The number of nitrogens with one attached hydrogen (secondary N) is 1. The maximum absolute atomic E-state index is 12.1. The number of rotatable bonds is 2. The molecule has 3 heterocycles. The van der Waals surface area contributed by atoms with Gasteiger partial charge in [0.15, 0.2) is 0 Å². The summed E-state index contributed by atoms with van der Waals surface area (Å²) in [6.07, 6.45) is 5.24. The van der Waals surface area contributed by atoms with Gasteiger partial charge in [0.05, 0.1) is 5.69 Å². The van der Waals surface area contributed by atoms with E-state index in [0.717, 1.165) is 42.9 Å².